The molecular formula is C10H8ClN3. The zero-order valence-corrected chi connectivity index (χ0v) is 8.15. The van der Waals surface area contributed by atoms with Gasteiger partial charge in [-0.3, -0.25) is 4.98 Å². The highest BCUT2D eigenvalue weighted by molar-refractivity contribution is 6.30. The number of pyridine rings is 1. The van der Waals surface area contributed by atoms with E-state index in [0.717, 1.165) is 17.5 Å². The Morgan fingerprint density at radius 1 is 1.14 bits per heavy atom. The van der Waals surface area contributed by atoms with E-state index >= 15 is 0 Å². The number of nitrogens with zero attached hydrogens (tertiary/aromatic N) is 3. The van der Waals surface area contributed by atoms with Gasteiger partial charge in [-0.1, -0.05) is 11.6 Å². The third-order valence-electron chi connectivity index (χ3n) is 1.88. The highest BCUT2D eigenvalue weighted by Gasteiger charge is 2.01. The summed E-state index contributed by atoms with van der Waals surface area (Å²) in [5, 5.41) is 0.511. The summed E-state index contributed by atoms with van der Waals surface area (Å²) in [6.07, 6.45) is 7.43. The van der Waals surface area contributed by atoms with Crippen LogP contribution in [0.2, 0.25) is 5.15 Å². The van der Waals surface area contributed by atoms with Gasteiger partial charge in [-0.05, 0) is 17.7 Å². The molecule has 0 fully saturated rings. The molecule has 0 atom stereocenters. The Labute approximate surface area is 86.8 Å². The smallest absolute Gasteiger partial charge is 0.135 e. The first-order valence-electron chi connectivity index (χ1n) is 4.19. The van der Waals surface area contributed by atoms with Gasteiger partial charge >= 0.3 is 0 Å². The van der Waals surface area contributed by atoms with Crippen LogP contribution in [0, 0.1) is 0 Å². The standard InChI is InChI=1S/C10H8ClN3/c11-10-9(6-13-7-14-10)5-8-1-3-12-4-2-8/h1-4,6-7H,5H2. The van der Waals surface area contributed by atoms with Crippen LogP contribution in [-0.2, 0) is 6.42 Å². The summed E-state index contributed by atoms with van der Waals surface area (Å²) in [4.78, 5) is 11.8. The molecule has 0 aliphatic carbocycles. The molecule has 0 amide bonds. The monoisotopic (exact) mass is 205 g/mol. The van der Waals surface area contributed by atoms with Crippen molar-refractivity contribution >= 4 is 11.6 Å². The van der Waals surface area contributed by atoms with Crippen molar-refractivity contribution in [2.24, 2.45) is 0 Å². The average molecular weight is 206 g/mol. The van der Waals surface area contributed by atoms with E-state index in [-0.39, 0.29) is 0 Å². The quantitative estimate of drug-likeness (QED) is 0.705. The van der Waals surface area contributed by atoms with Crippen molar-refractivity contribution in [3.63, 3.8) is 0 Å². The Kier molecular flexibility index (Phi) is 2.70. The van der Waals surface area contributed by atoms with E-state index in [2.05, 4.69) is 15.0 Å². The second-order valence-corrected chi connectivity index (χ2v) is 3.23. The van der Waals surface area contributed by atoms with Gasteiger partial charge in [0, 0.05) is 30.6 Å². The first-order chi connectivity index (χ1) is 6.86. The molecule has 0 bridgehead atoms. The highest BCUT2D eigenvalue weighted by atomic mass is 35.5. The van der Waals surface area contributed by atoms with E-state index in [4.69, 9.17) is 11.6 Å². The van der Waals surface area contributed by atoms with Crippen molar-refractivity contribution in [3.05, 3.63) is 53.3 Å². The largest absolute Gasteiger partial charge is 0.265 e. The predicted octanol–water partition coefficient (Wildman–Crippen LogP) is 2.12. The molecule has 2 aromatic heterocycles. The summed E-state index contributed by atoms with van der Waals surface area (Å²) in [5.41, 5.74) is 2.08. The summed E-state index contributed by atoms with van der Waals surface area (Å²) < 4.78 is 0. The summed E-state index contributed by atoms with van der Waals surface area (Å²) in [6.45, 7) is 0. The molecule has 14 heavy (non-hydrogen) atoms. The molecular weight excluding hydrogens is 198 g/mol. The van der Waals surface area contributed by atoms with Crippen molar-refractivity contribution in [2.45, 2.75) is 6.42 Å². The molecule has 70 valence electrons. The minimum absolute atomic E-state index is 0.511. The lowest BCUT2D eigenvalue weighted by Crippen LogP contribution is -1.92. The van der Waals surface area contributed by atoms with Crippen molar-refractivity contribution in [2.75, 3.05) is 0 Å². The topological polar surface area (TPSA) is 38.7 Å². The molecule has 0 aromatic carbocycles. The van der Waals surface area contributed by atoms with Crippen LogP contribution < -0.4 is 0 Å². The molecule has 0 unspecified atom stereocenters. The van der Waals surface area contributed by atoms with Gasteiger partial charge in [-0.25, -0.2) is 9.97 Å². The number of aromatic nitrogens is 3. The van der Waals surface area contributed by atoms with Gasteiger partial charge in [-0.15, -0.1) is 0 Å². The van der Waals surface area contributed by atoms with Crippen LogP contribution in [0.4, 0.5) is 0 Å². The number of halogens is 1. The molecule has 0 saturated heterocycles. The zero-order chi connectivity index (χ0) is 9.80. The maximum Gasteiger partial charge on any atom is 0.135 e. The Balaban J connectivity index is 2.24. The van der Waals surface area contributed by atoms with Crippen molar-refractivity contribution < 1.29 is 0 Å². The Morgan fingerprint density at radius 3 is 2.64 bits per heavy atom. The Morgan fingerprint density at radius 2 is 1.93 bits per heavy atom. The Hall–Kier alpha value is -1.48. The van der Waals surface area contributed by atoms with E-state index in [1.54, 1.807) is 18.6 Å². The van der Waals surface area contributed by atoms with Crippen LogP contribution in [0.5, 0.6) is 0 Å². The normalized spacial score (nSPS) is 10.1. The van der Waals surface area contributed by atoms with Crippen molar-refractivity contribution in [1.82, 2.24) is 15.0 Å². The second kappa shape index (κ2) is 4.15. The molecule has 0 N–H and O–H groups in total. The van der Waals surface area contributed by atoms with E-state index < -0.39 is 0 Å². The van der Waals surface area contributed by atoms with Gasteiger partial charge in [0.05, 0.1) is 0 Å². The molecule has 0 aliphatic heterocycles. The Bertz CT molecular complexity index is 417. The fourth-order valence-electron chi connectivity index (χ4n) is 1.18. The van der Waals surface area contributed by atoms with Crippen LogP contribution in [0.15, 0.2) is 37.1 Å². The van der Waals surface area contributed by atoms with Gasteiger partial charge in [0.1, 0.15) is 11.5 Å². The summed E-state index contributed by atoms with van der Waals surface area (Å²) in [5.74, 6) is 0. The predicted molar refractivity (Wildman–Crippen MR) is 54.1 cm³/mol. The summed E-state index contributed by atoms with van der Waals surface area (Å²) in [6, 6.07) is 3.90. The lowest BCUT2D eigenvalue weighted by atomic mass is 10.1. The maximum atomic E-state index is 5.91. The molecule has 4 heteroatoms. The fourth-order valence-corrected chi connectivity index (χ4v) is 1.34. The van der Waals surface area contributed by atoms with Crippen LogP contribution >= 0.6 is 11.6 Å². The molecule has 0 saturated carbocycles. The zero-order valence-electron chi connectivity index (χ0n) is 7.39. The van der Waals surface area contributed by atoms with Crippen LogP contribution in [0.1, 0.15) is 11.1 Å². The maximum absolute atomic E-state index is 5.91. The lowest BCUT2D eigenvalue weighted by Gasteiger charge is -2.01. The third kappa shape index (κ3) is 2.06. The van der Waals surface area contributed by atoms with Crippen molar-refractivity contribution in [1.29, 1.82) is 0 Å². The van der Waals surface area contributed by atoms with Gasteiger partial charge in [-0.2, -0.15) is 0 Å². The van der Waals surface area contributed by atoms with E-state index in [1.165, 1.54) is 6.33 Å². The van der Waals surface area contributed by atoms with E-state index in [9.17, 15) is 0 Å². The van der Waals surface area contributed by atoms with Gasteiger partial charge in [0.15, 0.2) is 0 Å². The minimum atomic E-state index is 0.511. The summed E-state index contributed by atoms with van der Waals surface area (Å²) in [7, 11) is 0. The van der Waals surface area contributed by atoms with Gasteiger partial charge in [0.2, 0.25) is 0 Å². The fraction of sp³-hybridized carbons (Fsp3) is 0.100. The van der Waals surface area contributed by atoms with Crippen LogP contribution in [-0.4, -0.2) is 15.0 Å². The highest BCUT2D eigenvalue weighted by Crippen LogP contribution is 2.14. The van der Waals surface area contributed by atoms with E-state index in [0.29, 0.717) is 5.15 Å². The molecule has 0 aliphatic rings. The first-order valence-corrected chi connectivity index (χ1v) is 4.57. The molecule has 2 aromatic rings. The second-order valence-electron chi connectivity index (χ2n) is 2.87. The third-order valence-corrected chi connectivity index (χ3v) is 2.22. The van der Waals surface area contributed by atoms with E-state index in [1.807, 2.05) is 12.1 Å². The molecule has 2 heterocycles. The lowest BCUT2D eigenvalue weighted by molar-refractivity contribution is 1.06. The number of rotatable bonds is 2. The van der Waals surface area contributed by atoms with Gasteiger partial charge in [0.25, 0.3) is 0 Å². The summed E-state index contributed by atoms with van der Waals surface area (Å²) >= 11 is 5.91. The van der Waals surface area contributed by atoms with Crippen LogP contribution in [0.25, 0.3) is 0 Å². The SMILES string of the molecule is Clc1ncncc1Cc1ccncc1. The van der Waals surface area contributed by atoms with Crippen LogP contribution in [0.3, 0.4) is 0 Å². The molecule has 0 radical (unpaired) electrons. The van der Waals surface area contributed by atoms with Crippen molar-refractivity contribution in [3.8, 4) is 0 Å². The first kappa shape index (κ1) is 9.09. The van der Waals surface area contributed by atoms with Gasteiger partial charge < -0.3 is 0 Å². The number of hydrogen-bond donors (Lipinski definition) is 0. The minimum Gasteiger partial charge on any atom is -0.265 e. The average Bonchev–Trinajstić information content (AvgIpc) is 2.23. The molecule has 0 spiro atoms. The molecule has 3 nitrogen and oxygen atoms in total. The number of hydrogen-bond acceptors (Lipinski definition) is 3. The molecule has 2 rings (SSSR count).